The zero-order chi connectivity index (χ0) is 11.2. The number of nitrogens with two attached hydrogens (primary N) is 2. The van der Waals surface area contributed by atoms with Crippen molar-refractivity contribution < 1.29 is 9.59 Å². The van der Waals surface area contributed by atoms with E-state index < -0.39 is 11.4 Å². The first-order valence-corrected chi connectivity index (χ1v) is 5.09. The molecule has 1 heterocycles. The molecule has 0 unspecified atom stereocenters. The Bertz CT molecular complexity index is 367. The molecule has 2 aliphatic rings. The molecule has 5 nitrogen and oxygen atoms in total. The molecule has 0 aromatic rings. The van der Waals surface area contributed by atoms with Gasteiger partial charge in [0.05, 0.1) is 11.2 Å². The van der Waals surface area contributed by atoms with Gasteiger partial charge >= 0.3 is 0 Å². The number of carbonyl (C=O) groups is 2. The molecular formula is C10H15N3O2. The number of rotatable bonds is 1. The highest BCUT2D eigenvalue weighted by atomic mass is 16.2. The topological polar surface area (TPSA) is 89.4 Å². The second kappa shape index (κ2) is 2.98. The Hall–Kier alpha value is -1.52. The summed E-state index contributed by atoms with van der Waals surface area (Å²) in [5.74, 6) is -1.05. The largest absolute Gasteiger partial charge is 0.399 e. The van der Waals surface area contributed by atoms with Crippen molar-refractivity contribution in [2.75, 3.05) is 7.05 Å². The van der Waals surface area contributed by atoms with E-state index in [1.54, 1.807) is 11.9 Å². The summed E-state index contributed by atoms with van der Waals surface area (Å²) in [5, 5.41) is 0. The van der Waals surface area contributed by atoms with Gasteiger partial charge < -0.3 is 16.4 Å². The maximum Gasteiger partial charge on any atom is 0.261 e. The molecule has 1 fully saturated rings. The molecule has 0 atom stereocenters. The summed E-state index contributed by atoms with van der Waals surface area (Å²) in [6.07, 6.45) is 3.73. The van der Waals surface area contributed by atoms with Crippen LogP contribution in [-0.4, -0.2) is 29.3 Å². The molecule has 1 aliphatic carbocycles. The van der Waals surface area contributed by atoms with Crippen molar-refractivity contribution in [3.05, 3.63) is 11.3 Å². The van der Waals surface area contributed by atoms with E-state index in [2.05, 4.69) is 0 Å². The lowest BCUT2D eigenvalue weighted by atomic mass is 9.93. The van der Waals surface area contributed by atoms with Crippen LogP contribution in [0.4, 0.5) is 0 Å². The lowest BCUT2D eigenvalue weighted by molar-refractivity contribution is -0.129. The first-order chi connectivity index (χ1) is 7.00. The van der Waals surface area contributed by atoms with E-state index in [0.29, 0.717) is 5.70 Å². The zero-order valence-electron chi connectivity index (χ0n) is 8.75. The number of hydrogen-bond acceptors (Lipinski definition) is 3. The van der Waals surface area contributed by atoms with Gasteiger partial charge in [0, 0.05) is 7.05 Å². The van der Waals surface area contributed by atoms with Crippen molar-refractivity contribution in [2.24, 2.45) is 11.5 Å². The maximum absolute atomic E-state index is 11.8. The zero-order valence-corrected chi connectivity index (χ0v) is 8.75. The van der Waals surface area contributed by atoms with E-state index in [9.17, 15) is 9.59 Å². The molecule has 0 radical (unpaired) electrons. The van der Waals surface area contributed by atoms with Crippen LogP contribution in [0.3, 0.4) is 0 Å². The second-order valence-corrected chi connectivity index (χ2v) is 4.26. The first kappa shape index (κ1) is 10.0. The van der Waals surface area contributed by atoms with E-state index in [-0.39, 0.29) is 11.5 Å². The average Bonchev–Trinajstić information content (AvgIpc) is 2.70. The summed E-state index contributed by atoms with van der Waals surface area (Å²) in [7, 11) is 1.69. The van der Waals surface area contributed by atoms with Gasteiger partial charge in [0.1, 0.15) is 5.57 Å². The number of amides is 2. The minimum absolute atomic E-state index is 0.0144. The molecule has 0 aromatic heterocycles. The predicted molar refractivity (Wildman–Crippen MR) is 54.4 cm³/mol. The molecule has 1 aliphatic heterocycles. The van der Waals surface area contributed by atoms with E-state index >= 15 is 0 Å². The molecule has 15 heavy (non-hydrogen) atoms. The lowest BCUT2D eigenvalue weighted by Gasteiger charge is -2.33. The average molecular weight is 209 g/mol. The van der Waals surface area contributed by atoms with Gasteiger partial charge in [0.25, 0.3) is 11.8 Å². The number of carbonyl (C=O) groups excluding carboxylic acids is 2. The van der Waals surface area contributed by atoms with Crippen LogP contribution in [-0.2, 0) is 9.59 Å². The lowest BCUT2D eigenvalue weighted by Crippen LogP contribution is -2.45. The van der Waals surface area contributed by atoms with Crippen molar-refractivity contribution in [2.45, 2.75) is 31.2 Å². The van der Waals surface area contributed by atoms with Crippen LogP contribution in [0.2, 0.25) is 0 Å². The molecule has 5 heteroatoms. The molecule has 0 aromatic carbocycles. The van der Waals surface area contributed by atoms with Crippen LogP contribution in [0, 0.1) is 0 Å². The molecule has 4 N–H and O–H groups in total. The van der Waals surface area contributed by atoms with E-state index in [1.807, 2.05) is 0 Å². The quantitative estimate of drug-likeness (QED) is 0.569. The number of primary amides is 1. The van der Waals surface area contributed by atoms with Crippen molar-refractivity contribution >= 4 is 11.8 Å². The van der Waals surface area contributed by atoms with Crippen LogP contribution >= 0.6 is 0 Å². The Labute approximate surface area is 88.1 Å². The summed E-state index contributed by atoms with van der Waals surface area (Å²) >= 11 is 0. The van der Waals surface area contributed by atoms with Gasteiger partial charge in [-0.3, -0.25) is 9.59 Å². The summed E-state index contributed by atoms with van der Waals surface area (Å²) in [5.41, 5.74) is 11.0. The number of hydrogen-bond donors (Lipinski definition) is 2. The Morgan fingerprint density at radius 3 is 2.33 bits per heavy atom. The summed E-state index contributed by atoms with van der Waals surface area (Å²) in [6.45, 7) is 0. The number of nitrogens with zero attached hydrogens (tertiary/aromatic N) is 1. The highest BCUT2D eigenvalue weighted by molar-refractivity contribution is 6.20. The van der Waals surface area contributed by atoms with Gasteiger partial charge in [-0.1, -0.05) is 12.8 Å². The van der Waals surface area contributed by atoms with Crippen LogP contribution in [0.1, 0.15) is 25.7 Å². The van der Waals surface area contributed by atoms with Crippen LogP contribution in [0.25, 0.3) is 0 Å². The second-order valence-electron chi connectivity index (χ2n) is 4.26. The highest BCUT2D eigenvalue weighted by Crippen LogP contribution is 2.43. The van der Waals surface area contributed by atoms with Gasteiger partial charge in [0.2, 0.25) is 0 Å². The van der Waals surface area contributed by atoms with Gasteiger partial charge in [-0.2, -0.15) is 0 Å². The van der Waals surface area contributed by atoms with E-state index in [0.717, 1.165) is 25.7 Å². The van der Waals surface area contributed by atoms with Crippen molar-refractivity contribution in [3.63, 3.8) is 0 Å². The minimum atomic E-state index is -0.715. The van der Waals surface area contributed by atoms with E-state index in [1.165, 1.54) is 0 Å². The first-order valence-electron chi connectivity index (χ1n) is 5.09. The summed E-state index contributed by atoms with van der Waals surface area (Å²) in [6, 6.07) is 0. The normalized spacial score (nSPS) is 24.3. The van der Waals surface area contributed by atoms with Gasteiger partial charge in [-0.15, -0.1) is 0 Å². The smallest absolute Gasteiger partial charge is 0.261 e. The van der Waals surface area contributed by atoms with Crippen molar-refractivity contribution in [3.8, 4) is 0 Å². The highest BCUT2D eigenvalue weighted by Gasteiger charge is 2.51. The van der Waals surface area contributed by atoms with E-state index in [4.69, 9.17) is 11.5 Å². The molecule has 2 amide bonds. The fourth-order valence-corrected chi connectivity index (χ4v) is 2.69. The third-order valence-corrected chi connectivity index (χ3v) is 3.61. The molecule has 82 valence electrons. The molecule has 0 saturated heterocycles. The predicted octanol–water partition coefficient (Wildman–Crippen LogP) is -0.531. The van der Waals surface area contributed by atoms with Gasteiger partial charge in [0.15, 0.2) is 0 Å². The third kappa shape index (κ3) is 1.09. The van der Waals surface area contributed by atoms with Crippen LogP contribution in [0.5, 0.6) is 0 Å². The number of likely N-dealkylation sites (N-methyl/N-ethyl adjacent to an activating group) is 1. The van der Waals surface area contributed by atoms with Crippen molar-refractivity contribution in [1.29, 1.82) is 0 Å². The fraction of sp³-hybridized carbons (Fsp3) is 0.600. The third-order valence-electron chi connectivity index (χ3n) is 3.61. The monoisotopic (exact) mass is 209 g/mol. The summed E-state index contributed by atoms with van der Waals surface area (Å²) < 4.78 is 0. The maximum atomic E-state index is 11.8. The molecule has 2 rings (SSSR count). The summed E-state index contributed by atoms with van der Waals surface area (Å²) in [4.78, 5) is 24.5. The van der Waals surface area contributed by atoms with Crippen LogP contribution in [0.15, 0.2) is 11.3 Å². The Morgan fingerprint density at radius 2 is 1.93 bits per heavy atom. The molecular weight excluding hydrogens is 194 g/mol. The molecule has 1 spiro atoms. The SMILES string of the molecule is CN1C(=O)C(C(N)=O)=C(N)C12CCCC2. The fourth-order valence-electron chi connectivity index (χ4n) is 2.69. The van der Waals surface area contributed by atoms with Crippen LogP contribution < -0.4 is 11.5 Å². The van der Waals surface area contributed by atoms with Crippen molar-refractivity contribution in [1.82, 2.24) is 4.90 Å². The van der Waals surface area contributed by atoms with Gasteiger partial charge in [-0.25, -0.2) is 0 Å². The molecule has 0 bridgehead atoms. The van der Waals surface area contributed by atoms with Gasteiger partial charge in [-0.05, 0) is 12.8 Å². The molecule has 1 saturated carbocycles. The minimum Gasteiger partial charge on any atom is -0.399 e. The Kier molecular flexibility index (Phi) is 1.99. The standard InChI is InChI=1S/C10H15N3O2/c1-13-9(15)6(8(12)14)7(11)10(13)4-2-3-5-10/h2-5,11H2,1H3,(H2,12,14). The Balaban J connectivity index is 2.51. The Morgan fingerprint density at radius 1 is 1.40 bits per heavy atom.